The van der Waals surface area contributed by atoms with Crippen LogP contribution in [0.5, 0.6) is 0 Å². The monoisotopic (exact) mass is 542 g/mol. The number of fused-ring (bicyclic) bond motifs is 6. The lowest BCUT2D eigenvalue weighted by Gasteiger charge is -2.22. The quantitative estimate of drug-likeness (QED) is 0.255. The van der Waals surface area contributed by atoms with Gasteiger partial charge in [-0.05, 0) is 77.3 Å². The van der Waals surface area contributed by atoms with Gasteiger partial charge >= 0.3 is 0 Å². The molecule has 3 aliphatic heterocycles. The van der Waals surface area contributed by atoms with Crippen LogP contribution in [0.1, 0.15) is 46.8 Å². The molecule has 1 aromatic heterocycles. The van der Waals surface area contributed by atoms with E-state index in [9.17, 15) is 0 Å². The second-order valence-corrected chi connectivity index (χ2v) is 11.3. The van der Waals surface area contributed by atoms with Crippen LogP contribution in [0.4, 0.5) is 11.4 Å². The zero-order valence-electron chi connectivity index (χ0n) is 23.3. The summed E-state index contributed by atoms with van der Waals surface area (Å²) in [6, 6.07) is 26.4. The number of aryl methyl sites for hydroxylation is 1. The van der Waals surface area contributed by atoms with Crippen molar-refractivity contribution in [2.45, 2.75) is 31.7 Å². The van der Waals surface area contributed by atoms with E-state index < -0.39 is 0 Å². The second-order valence-electron chi connectivity index (χ2n) is 11.3. The van der Waals surface area contributed by atoms with Crippen LogP contribution in [0.15, 0.2) is 118 Å². The first-order valence-corrected chi connectivity index (χ1v) is 14.8. The van der Waals surface area contributed by atoms with Crippen LogP contribution < -0.4 is 0 Å². The third-order valence-electron chi connectivity index (χ3n) is 8.73. The number of dihydropyridines is 1. The van der Waals surface area contributed by atoms with Gasteiger partial charge in [0.1, 0.15) is 0 Å². The van der Waals surface area contributed by atoms with Crippen molar-refractivity contribution in [3.05, 3.63) is 131 Å². The van der Waals surface area contributed by atoms with E-state index in [1.54, 1.807) is 0 Å². The topological polar surface area (TPSA) is 50.0 Å². The van der Waals surface area contributed by atoms with Gasteiger partial charge in [0.2, 0.25) is 0 Å². The third kappa shape index (κ3) is 4.50. The number of allylic oxidation sites excluding steroid dienone is 4. The molecular weight excluding hydrogens is 512 g/mol. The first-order chi connectivity index (χ1) is 20.8. The van der Waals surface area contributed by atoms with E-state index in [4.69, 9.17) is 20.0 Å². The fraction of sp³-hybridized carbons (Fsp3) is 0.158. The Balaban J connectivity index is 1.05. The van der Waals surface area contributed by atoms with Gasteiger partial charge in [-0.25, -0.2) is 4.98 Å². The molecule has 4 aliphatic rings. The zero-order chi connectivity index (χ0) is 27.9. The van der Waals surface area contributed by atoms with Gasteiger partial charge in [0.25, 0.3) is 0 Å². The van der Waals surface area contributed by atoms with E-state index in [1.807, 2.05) is 18.5 Å². The van der Waals surface area contributed by atoms with Gasteiger partial charge in [-0.2, -0.15) is 0 Å². The van der Waals surface area contributed by atoms with Crippen molar-refractivity contribution in [2.24, 2.45) is 20.9 Å². The minimum atomic E-state index is 0.0830. The molecule has 0 N–H and O–H groups in total. The fourth-order valence-electron chi connectivity index (χ4n) is 6.42. The SMILES string of the molecule is C1=CCc2ccc3c(c2N=C1)N=C(c1ccc(-c2ccc(-c4ccc5c(n4)C4N=CC=CC4CC=C5)cc2)cc1)CC3. The Morgan fingerprint density at radius 2 is 1.43 bits per heavy atom. The number of hydrogen-bond acceptors (Lipinski definition) is 4. The summed E-state index contributed by atoms with van der Waals surface area (Å²) >= 11 is 0. The number of aromatic nitrogens is 1. The molecule has 0 spiro atoms. The largest absolute Gasteiger partial charge is 0.283 e. The Kier molecular flexibility index (Phi) is 6.18. The Morgan fingerprint density at radius 1 is 0.643 bits per heavy atom. The normalized spacial score (nSPS) is 19.7. The standard InChI is InChI=1S/C38H30N4/c1-2-23-39-36-30(5-1)17-18-32-20-22-34(42-38(32)36)28-15-11-26(12-16-28)25-9-13-27(14-10-25)33-21-19-31-7-3-6-29-8-4-24-40-35(29)37(31)41-33/h1-4,7-19,21,23-24,29,35H,5-6,20,22H2. The van der Waals surface area contributed by atoms with Crippen LogP contribution in [0.25, 0.3) is 28.5 Å². The molecule has 0 saturated carbocycles. The Labute approximate surface area is 246 Å². The molecule has 42 heavy (non-hydrogen) atoms. The van der Waals surface area contributed by atoms with Crippen molar-refractivity contribution in [3.63, 3.8) is 0 Å². The van der Waals surface area contributed by atoms with E-state index in [0.29, 0.717) is 5.92 Å². The van der Waals surface area contributed by atoms with Crippen LogP contribution in [0.2, 0.25) is 0 Å². The molecule has 0 fully saturated rings. The lowest BCUT2D eigenvalue weighted by atomic mass is 9.92. The molecule has 4 aromatic rings. The molecule has 0 amide bonds. The molecule has 2 atom stereocenters. The van der Waals surface area contributed by atoms with Crippen LogP contribution in [-0.2, 0) is 12.8 Å². The van der Waals surface area contributed by atoms with Gasteiger partial charge in [-0.1, -0.05) is 91.0 Å². The maximum Gasteiger partial charge on any atom is 0.0991 e. The molecular formula is C38H30N4. The van der Waals surface area contributed by atoms with Crippen LogP contribution in [-0.4, -0.2) is 23.1 Å². The summed E-state index contributed by atoms with van der Waals surface area (Å²) < 4.78 is 0. The highest BCUT2D eigenvalue weighted by atomic mass is 14.9. The number of nitrogens with zero attached hydrogens (tertiary/aromatic N) is 4. The van der Waals surface area contributed by atoms with Crippen molar-refractivity contribution >= 4 is 35.6 Å². The molecule has 3 aromatic carbocycles. The number of hydrogen-bond donors (Lipinski definition) is 0. The first-order valence-electron chi connectivity index (χ1n) is 14.8. The molecule has 4 heterocycles. The summed E-state index contributed by atoms with van der Waals surface area (Å²) in [6.45, 7) is 0. The number of benzene rings is 3. The van der Waals surface area contributed by atoms with Gasteiger partial charge in [0.15, 0.2) is 0 Å². The molecule has 1 aliphatic carbocycles. The summed E-state index contributed by atoms with van der Waals surface area (Å²) in [5.41, 5.74) is 13.6. The van der Waals surface area contributed by atoms with Gasteiger partial charge < -0.3 is 0 Å². The highest BCUT2D eigenvalue weighted by Gasteiger charge is 2.26. The number of pyridine rings is 1. The van der Waals surface area contributed by atoms with Crippen molar-refractivity contribution in [3.8, 4) is 22.4 Å². The predicted molar refractivity (Wildman–Crippen MR) is 175 cm³/mol. The number of aliphatic imine (C=N–C) groups is 3. The minimum absolute atomic E-state index is 0.0830. The Hall–Kier alpha value is -4.96. The molecule has 0 saturated heterocycles. The Bertz CT molecular complexity index is 1870. The highest BCUT2D eigenvalue weighted by Crippen LogP contribution is 2.41. The molecule has 0 radical (unpaired) electrons. The maximum atomic E-state index is 5.13. The average molecular weight is 543 g/mol. The summed E-state index contributed by atoms with van der Waals surface area (Å²) in [5.74, 6) is 0.371. The minimum Gasteiger partial charge on any atom is -0.283 e. The van der Waals surface area contributed by atoms with Gasteiger partial charge in [0.05, 0.1) is 28.8 Å². The van der Waals surface area contributed by atoms with E-state index in [1.165, 1.54) is 33.4 Å². The summed E-state index contributed by atoms with van der Waals surface area (Å²) in [4.78, 5) is 19.8. The third-order valence-corrected chi connectivity index (χ3v) is 8.73. The molecule has 0 bridgehead atoms. The summed E-state index contributed by atoms with van der Waals surface area (Å²) in [7, 11) is 0. The van der Waals surface area contributed by atoms with Crippen LogP contribution in [0.3, 0.4) is 0 Å². The lowest BCUT2D eigenvalue weighted by molar-refractivity contribution is 0.519. The van der Waals surface area contributed by atoms with E-state index in [2.05, 4.69) is 103 Å². The van der Waals surface area contributed by atoms with E-state index in [-0.39, 0.29) is 6.04 Å². The Morgan fingerprint density at radius 3 is 2.29 bits per heavy atom. The van der Waals surface area contributed by atoms with Crippen molar-refractivity contribution < 1.29 is 0 Å². The lowest BCUT2D eigenvalue weighted by Crippen LogP contribution is -2.13. The highest BCUT2D eigenvalue weighted by molar-refractivity contribution is 6.05. The van der Waals surface area contributed by atoms with Crippen molar-refractivity contribution in [2.75, 3.05) is 0 Å². The predicted octanol–water partition coefficient (Wildman–Crippen LogP) is 9.01. The first kappa shape index (κ1) is 24.8. The molecule has 4 nitrogen and oxygen atoms in total. The summed E-state index contributed by atoms with van der Waals surface area (Å²) in [5, 5.41) is 0. The average Bonchev–Trinajstić information content (AvgIpc) is 3.41. The van der Waals surface area contributed by atoms with Crippen molar-refractivity contribution in [1.29, 1.82) is 0 Å². The fourth-order valence-corrected chi connectivity index (χ4v) is 6.42. The summed E-state index contributed by atoms with van der Waals surface area (Å²) in [6.07, 6.45) is 20.5. The van der Waals surface area contributed by atoms with Gasteiger partial charge in [-0.15, -0.1) is 0 Å². The number of rotatable bonds is 3. The molecule has 8 rings (SSSR count). The van der Waals surface area contributed by atoms with Crippen LogP contribution >= 0.6 is 0 Å². The van der Waals surface area contributed by atoms with E-state index in [0.717, 1.165) is 59.7 Å². The molecule has 202 valence electrons. The second kappa shape index (κ2) is 10.5. The smallest absolute Gasteiger partial charge is 0.0991 e. The van der Waals surface area contributed by atoms with Gasteiger partial charge in [0, 0.05) is 29.6 Å². The zero-order valence-corrected chi connectivity index (χ0v) is 23.3. The van der Waals surface area contributed by atoms with Gasteiger partial charge in [-0.3, -0.25) is 15.0 Å². The maximum absolute atomic E-state index is 5.13. The molecule has 4 heteroatoms. The van der Waals surface area contributed by atoms with Crippen LogP contribution in [0, 0.1) is 5.92 Å². The van der Waals surface area contributed by atoms with Crippen molar-refractivity contribution in [1.82, 2.24) is 4.98 Å². The van der Waals surface area contributed by atoms with E-state index >= 15 is 0 Å². The molecule has 2 unspecified atom stereocenters.